The van der Waals surface area contributed by atoms with Crippen LogP contribution in [0.1, 0.15) is 51.0 Å². The largest absolute Gasteiger partial charge is 0.465 e. The van der Waals surface area contributed by atoms with Gasteiger partial charge >= 0.3 is 5.97 Å². The van der Waals surface area contributed by atoms with Crippen molar-refractivity contribution < 1.29 is 19.1 Å². The molecule has 6 heteroatoms. The zero-order chi connectivity index (χ0) is 20.6. The minimum absolute atomic E-state index is 0.0705. The Morgan fingerprint density at radius 1 is 1.28 bits per heavy atom. The van der Waals surface area contributed by atoms with E-state index >= 15 is 0 Å². The molecule has 0 spiro atoms. The first-order valence-corrected chi connectivity index (χ1v) is 10.6. The Labute approximate surface area is 172 Å². The van der Waals surface area contributed by atoms with E-state index in [0.29, 0.717) is 31.8 Å². The van der Waals surface area contributed by atoms with Gasteiger partial charge in [-0.3, -0.25) is 14.9 Å². The molecule has 3 rings (SSSR count). The molecule has 6 nitrogen and oxygen atoms in total. The maximum Gasteiger partial charge on any atom is 0.323 e. The second-order valence-corrected chi connectivity index (χ2v) is 7.88. The molecule has 1 N–H and O–H groups in total. The third kappa shape index (κ3) is 5.34. The number of esters is 1. The van der Waals surface area contributed by atoms with Crippen LogP contribution in [-0.4, -0.2) is 47.5 Å². The Morgan fingerprint density at radius 2 is 2.07 bits per heavy atom. The van der Waals surface area contributed by atoms with Gasteiger partial charge in [-0.15, -0.1) is 0 Å². The molecule has 1 aliphatic heterocycles. The van der Waals surface area contributed by atoms with Crippen molar-refractivity contribution >= 4 is 17.8 Å². The number of carbonyl (C=O) groups excluding carboxylic acids is 3. The molecule has 1 saturated carbocycles. The number of likely N-dealkylation sites (tertiary alicyclic amines) is 1. The number of amides is 1. The molecule has 0 radical (unpaired) electrons. The average Bonchev–Trinajstić information content (AvgIpc) is 3.16. The van der Waals surface area contributed by atoms with E-state index in [0.717, 1.165) is 31.2 Å². The van der Waals surface area contributed by atoms with Crippen LogP contribution >= 0.6 is 0 Å². The highest BCUT2D eigenvalue weighted by Crippen LogP contribution is 2.36. The average molecular weight is 399 g/mol. The van der Waals surface area contributed by atoms with Crippen molar-refractivity contribution in [2.45, 2.75) is 70.0 Å². The molecular weight excluding hydrogens is 368 g/mol. The number of nitrogens with zero attached hydrogens (tertiary/aromatic N) is 1. The smallest absolute Gasteiger partial charge is 0.323 e. The van der Waals surface area contributed by atoms with Crippen LogP contribution in [0.2, 0.25) is 0 Å². The molecule has 0 aromatic heterocycles. The van der Waals surface area contributed by atoms with E-state index in [2.05, 4.69) is 5.32 Å². The Hall–Kier alpha value is -2.43. The van der Waals surface area contributed by atoms with Crippen LogP contribution in [0.25, 0.3) is 0 Å². The van der Waals surface area contributed by atoms with Gasteiger partial charge < -0.3 is 9.64 Å². The van der Waals surface area contributed by atoms with E-state index in [-0.39, 0.29) is 17.9 Å². The zero-order valence-corrected chi connectivity index (χ0v) is 17.0. The molecule has 1 amide bonds. The fourth-order valence-electron chi connectivity index (χ4n) is 4.65. The molecule has 156 valence electrons. The lowest BCUT2D eigenvalue weighted by Crippen LogP contribution is -2.52. The summed E-state index contributed by atoms with van der Waals surface area (Å²) in [5.74, 6) is 1.71. The molecule has 1 aliphatic carbocycles. The van der Waals surface area contributed by atoms with Gasteiger partial charge in [-0.25, -0.2) is 4.79 Å². The molecule has 4 atom stereocenters. The fraction of sp³-hybridized carbons (Fsp3) is 0.565. The first kappa shape index (κ1) is 21.3. The number of aryl methyl sites for hydroxylation is 1. The van der Waals surface area contributed by atoms with Crippen molar-refractivity contribution in [2.24, 2.45) is 5.92 Å². The number of carbonyl (C=O) groups is 2. The Kier molecular flexibility index (Phi) is 7.62. The molecule has 1 aromatic rings. The normalized spacial score (nSPS) is 24.9. The molecule has 0 bridgehead atoms. The molecular formula is C23H30N2O4. The Morgan fingerprint density at radius 3 is 2.79 bits per heavy atom. The second-order valence-electron chi connectivity index (χ2n) is 7.88. The Bertz CT molecular complexity index is 745. The van der Waals surface area contributed by atoms with Gasteiger partial charge in [0.2, 0.25) is 5.91 Å². The number of hydrogen-bond acceptors (Lipinski definition) is 5. The fourth-order valence-corrected chi connectivity index (χ4v) is 4.65. The van der Waals surface area contributed by atoms with Gasteiger partial charge in [0, 0.05) is 6.04 Å². The van der Waals surface area contributed by atoms with Crippen molar-refractivity contribution in [3.8, 4) is 0 Å². The quantitative estimate of drug-likeness (QED) is 0.538. The molecule has 2 aliphatic rings. The molecule has 1 heterocycles. The van der Waals surface area contributed by atoms with Gasteiger partial charge in [0.15, 0.2) is 0 Å². The summed E-state index contributed by atoms with van der Waals surface area (Å²) in [6, 6.07) is 8.95. The Balaban J connectivity index is 1.73. The predicted octanol–water partition coefficient (Wildman–Crippen LogP) is 2.65. The third-order valence-electron chi connectivity index (χ3n) is 6.08. The number of hydrogen-bond donors (Lipinski definition) is 1. The highest BCUT2D eigenvalue weighted by atomic mass is 16.5. The number of ether oxygens (including phenoxy) is 1. The van der Waals surface area contributed by atoms with Gasteiger partial charge in [0.05, 0.1) is 18.8 Å². The van der Waals surface area contributed by atoms with E-state index in [1.165, 1.54) is 6.20 Å². The maximum absolute atomic E-state index is 13.2. The minimum Gasteiger partial charge on any atom is -0.465 e. The van der Waals surface area contributed by atoms with Crippen LogP contribution in [0.15, 0.2) is 36.5 Å². The van der Waals surface area contributed by atoms with Crippen molar-refractivity contribution in [1.29, 1.82) is 0 Å². The number of fused-ring (bicyclic) bond motifs is 1. The lowest BCUT2D eigenvalue weighted by molar-refractivity contribution is -0.146. The number of benzene rings is 1. The molecule has 1 saturated heterocycles. The van der Waals surface area contributed by atoms with Gasteiger partial charge in [0.1, 0.15) is 12.0 Å². The highest BCUT2D eigenvalue weighted by molar-refractivity contribution is 5.86. The summed E-state index contributed by atoms with van der Waals surface area (Å²) in [5.41, 5.74) is 1.14. The van der Waals surface area contributed by atoms with E-state index in [4.69, 9.17) is 4.74 Å². The summed E-state index contributed by atoms with van der Waals surface area (Å²) in [7, 11) is 0. The van der Waals surface area contributed by atoms with Crippen LogP contribution in [0, 0.1) is 5.92 Å². The molecule has 1 aromatic carbocycles. The maximum atomic E-state index is 13.2. The summed E-state index contributed by atoms with van der Waals surface area (Å²) in [6.07, 6.45) is 7.13. The first-order valence-electron chi connectivity index (χ1n) is 10.6. The van der Waals surface area contributed by atoms with Gasteiger partial charge in [-0.2, -0.15) is 0 Å². The lowest BCUT2D eigenvalue weighted by Gasteiger charge is -2.29. The van der Waals surface area contributed by atoms with Crippen molar-refractivity contribution in [3.05, 3.63) is 42.1 Å². The van der Waals surface area contributed by atoms with Crippen LogP contribution in [-0.2, 0) is 25.5 Å². The summed E-state index contributed by atoms with van der Waals surface area (Å²) in [6.45, 7) is 2.08. The summed E-state index contributed by atoms with van der Waals surface area (Å²) in [4.78, 5) is 38.3. The van der Waals surface area contributed by atoms with Gasteiger partial charge in [-0.1, -0.05) is 36.8 Å². The van der Waals surface area contributed by atoms with E-state index in [1.54, 1.807) is 17.8 Å². The van der Waals surface area contributed by atoms with Gasteiger partial charge in [-0.05, 0) is 56.9 Å². The number of nitrogens with one attached hydrogen (secondary N) is 1. The van der Waals surface area contributed by atoms with Crippen LogP contribution in [0.3, 0.4) is 0 Å². The van der Waals surface area contributed by atoms with E-state index < -0.39 is 12.1 Å². The zero-order valence-electron chi connectivity index (χ0n) is 17.0. The topological polar surface area (TPSA) is 75.7 Å². The van der Waals surface area contributed by atoms with Crippen LogP contribution in [0.4, 0.5) is 0 Å². The summed E-state index contributed by atoms with van der Waals surface area (Å²) >= 11 is 0. The third-order valence-corrected chi connectivity index (χ3v) is 6.08. The van der Waals surface area contributed by atoms with Crippen LogP contribution in [0.5, 0.6) is 0 Å². The highest BCUT2D eigenvalue weighted by Gasteiger charge is 2.41. The second kappa shape index (κ2) is 10.4. The summed E-state index contributed by atoms with van der Waals surface area (Å²) < 4.78 is 5.25. The lowest BCUT2D eigenvalue weighted by atomic mass is 9.97. The monoisotopic (exact) mass is 398 g/mol. The van der Waals surface area contributed by atoms with Crippen molar-refractivity contribution in [3.63, 3.8) is 0 Å². The van der Waals surface area contributed by atoms with E-state index in [9.17, 15) is 14.4 Å². The van der Waals surface area contributed by atoms with Gasteiger partial charge in [0.25, 0.3) is 0 Å². The molecule has 29 heavy (non-hydrogen) atoms. The van der Waals surface area contributed by atoms with Crippen molar-refractivity contribution in [1.82, 2.24) is 10.2 Å². The van der Waals surface area contributed by atoms with Crippen molar-refractivity contribution in [2.75, 3.05) is 6.61 Å². The SMILES string of the molecule is CCOC(=O)[C@H](CCc1ccccc1)N[C@@H]1CC[C@H]2CCC[C@H]2N(C=C=O)C1=O. The summed E-state index contributed by atoms with van der Waals surface area (Å²) in [5, 5.41) is 3.26. The first-order chi connectivity index (χ1) is 14.1. The predicted molar refractivity (Wildman–Crippen MR) is 110 cm³/mol. The van der Waals surface area contributed by atoms with E-state index in [1.807, 2.05) is 30.3 Å². The number of rotatable bonds is 8. The molecule has 2 fully saturated rings. The van der Waals surface area contributed by atoms with Crippen LogP contribution < -0.4 is 5.32 Å². The standard InChI is InChI=1S/C23H30N2O4/c1-2-29-23(28)20(13-11-17-7-4-3-5-8-17)24-19-14-12-18-9-6-10-21(18)25(15-16-26)22(19)27/h3-5,7-8,15,18-21,24H,2,6,9-14H2,1H3/t18-,19-,20+,21-/m1/s1. The molecule has 0 unspecified atom stereocenters. The minimum atomic E-state index is -0.566.